The zero-order valence-electron chi connectivity index (χ0n) is 17.4. The molecule has 2 aliphatic rings. The van der Waals surface area contributed by atoms with Gasteiger partial charge < -0.3 is 14.2 Å². The lowest BCUT2D eigenvalue weighted by atomic mass is 9.98. The number of fused-ring (bicyclic) bond motifs is 3. The minimum Gasteiger partial charge on any atom is -0.497 e. The molecule has 0 amide bonds. The summed E-state index contributed by atoms with van der Waals surface area (Å²) in [7, 11) is 1.62. The Balaban J connectivity index is 1.47. The maximum absolute atomic E-state index is 13.1. The van der Waals surface area contributed by atoms with Crippen molar-refractivity contribution in [3.05, 3.63) is 88.4 Å². The molecule has 0 N–H and O–H groups in total. The average Bonchev–Trinajstić information content (AvgIpc) is 3.12. The first-order valence-electron chi connectivity index (χ1n) is 10.1. The van der Waals surface area contributed by atoms with Crippen LogP contribution in [0.3, 0.4) is 0 Å². The Morgan fingerprint density at radius 2 is 2.10 bits per heavy atom. The van der Waals surface area contributed by atoms with E-state index in [1.165, 1.54) is 0 Å². The van der Waals surface area contributed by atoms with Crippen LogP contribution in [0.2, 0.25) is 0 Å². The second kappa shape index (κ2) is 7.89. The van der Waals surface area contributed by atoms with Crippen molar-refractivity contribution in [3.8, 4) is 17.2 Å². The molecule has 3 heterocycles. The van der Waals surface area contributed by atoms with Gasteiger partial charge in [0, 0.05) is 19.3 Å². The van der Waals surface area contributed by atoms with Gasteiger partial charge in [-0.15, -0.1) is 0 Å². The molecule has 5 rings (SSSR count). The van der Waals surface area contributed by atoms with Crippen LogP contribution in [-0.2, 0) is 13.1 Å². The Labute approximate surface area is 180 Å². The van der Waals surface area contributed by atoms with Crippen molar-refractivity contribution >= 4 is 11.9 Å². The van der Waals surface area contributed by atoms with Crippen LogP contribution in [-0.4, -0.2) is 29.5 Å². The van der Waals surface area contributed by atoms with E-state index >= 15 is 0 Å². The molecule has 0 atom stereocenters. The quantitative estimate of drug-likeness (QED) is 0.591. The normalized spacial score (nSPS) is 16.5. The summed E-state index contributed by atoms with van der Waals surface area (Å²) in [6.07, 6.45) is 3.54. The highest BCUT2D eigenvalue weighted by atomic mass is 16.5. The molecular formula is C25H22N2O4. The molecule has 1 aromatic heterocycles. The third-order valence-electron chi connectivity index (χ3n) is 5.49. The third-order valence-corrected chi connectivity index (χ3v) is 5.49. The fourth-order valence-electron chi connectivity index (χ4n) is 3.98. The first-order valence-corrected chi connectivity index (χ1v) is 10.1. The van der Waals surface area contributed by atoms with Crippen molar-refractivity contribution in [2.24, 2.45) is 0 Å². The van der Waals surface area contributed by atoms with Crippen molar-refractivity contribution < 1.29 is 19.0 Å². The largest absolute Gasteiger partial charge is 0.497 e. The Bertz CT molecular complexity index is 1190. The van der Waals surface area contributed by atoms with Crippen LogP contribution in [0, 0.1) is 6.92 Å². The summed E-state index contributed by atoms with van der Waals surface area (Å²) >= 11 is 0. The van der Waals surface area contributed by atoms with Crippen LogP contribution in [0.15, 0.2) is 60.5 Å². The maximum atomic E-state index is 13.1. The van der Waals surface area contributed by atoms with Gasteiger partial charge in [-0.2, -0.15) is 0 Å². The molecule has 6 heteroatoms. The average molecular weight is 414 g/mol. The number of rotatable bonds is 4. The molecule has 3 aromatic rings. The number of carbonyl (C=O) groups is 1. The van der Waals surface area contributed by atoms with E-state index in [2.05, 4.69) is 9.88 Å². The van der Waals surface area contributed by atoms with Crippen LogP contribution in [0.5, 0.6) is 17.2 Å². The van der Waals surface area contributed by atoms with Gasteiger partial charge in [0.05, 0.1) is 23.9 Å². The lowest BCUT2D eigenvalue weighted by Crippen LogP contribution is -2.32. The van der Waals surface area contributed by atoms with E-state index in [1.807, 2.05) is 55.5 Å². The van der Waals surface area contributed by atoms with Gasteiger partial charge in [0.2, 0.25) is 5.78 Å². The van der Waals surface area contributed by atoms with E-state index in [-0.39, 0.29) is 5.78 Å². The summed E-state index contributed by atoms with van der Waals surface area (Å²) < 4.78 is 17.4. The minimum atomic E-state index is -0.111. The minimum absolute atomic E-state index is 0.111. The monoisotopic (exact) mass is 414 g/mol. The van der Waals surface area contributed by atoms with Gasteiger partial charge in [-0.1, -0.05) is 18.2 Å². The summed E-state index contributed by atoms with van der Waals surface area (Å²) in [5.74, 6) is 2.29. The van der Waals surface area contributed by atoms with E-state index < -0.39 is 0 Å². The SMILES string of the molecule is COc1cccc(/C=C2\Oc3c4c(cc(C)c3C2=O)OCN(Cc2ccccn2)C4)c1. The number of aryl methyl sites for hydroxylation is 1. The molecule has 31 heavy (non-hydrogen) atoms. The lowest BCUT2D eigenvalue weighted by Gasteiger charge is -2.29. The molecule has 0 saturated carbocycles. The standard InChI is InChI=1S/C25H22N2O4/c1-16-10-21-20(14-27(15-30-21)13-18-7-3-4-9-26-18)25-23(16)24(28)22(31-25)12-17-6-5-8-19(11-17)29-2/h3-12H,13-15H2,1-2H3/b22-12-. The summed E-state index contributed by atoms with van der Waals surface area (Å²) in [6.45, 7) is 3.65. The number of pyridine rings is 1. The van der Waals surface area contributed by atoms with E-state index in [1.54, 1.807) is 19.4 Å². The van der Waals surface area contributed by atoms with Gasteiger partial charge in [0.15, 0.2) is 5.76 Å². The maximum Gasteiger partial charge on any atom is 0.232 e. The highest BCUT2D eigenvalue weighted by Crippen LogP contribution is 2.44. The van der Waals surface area contributed by atoms with Gasteiger partial charge >= 0.3 is 0 Å². The number of ether oxygens (including phenoxy) is 3. The number of aromatic nitrogens is 1. The molecule has 6 nitrogen and oxygen atoms in total. The lowest BCUT2D eigenvalue weighted by molar-refractivity contribution is 0.0861. The molecule has 2 aromatic carbocycles. The summed E-state index contributed by atoms with van der Waals surface area (Å²) in [6, 6.07) is 15.3. The van der Waals surface area contributed by atoms with Crippen LogP contribution in [0.25, 0.3) is 6.08 Å². The van der Waals surface area contributed by atoms with Gasteiger partial charge in [-0.3, -0.25) is 14.7 Å². The predicted molar refractivity (Wildman–Crippen MR) is 116 cm³/mol. The van der Waals surface area contributed by atoms with Gasteiger partial charge in [0.25, 0.3) is 0 Å². The number of hydrogen-bond acceptors (Lipinski definition) is 6. The number of ketones is 1. The second-order valence-corrected chi connectivity index (χ2v) is 7.67. The summed E-state index contributed by atoms with van der Waals surface area (Å²) in [5, 5.41) is 0. The number of Topliss-reactive ketones (excluding diaryl/α,β-unsaturated/α-hetero) is 1. The van der Waals surface area contributed by atoms with Crippen molar-refractivity contribution in [1.82, 2.24) is 9.88 Å². The van der Waals surface area contributed by atoms with Crippen LogP contribution < -0.4 is 14.2 Å². The molecule has 2 aliphatic heterocycles. The zero-order chi connectivity index (χ0) is 21.4. The van der Waals surface area contributed by atoms with E-state index in [0.717, 1.165) is 33.9 Å². The number of hydrogen-bond donors (Lipinski definition) is 0. The summed E-state index contributed by atoms with van der Waals surface area (Å²) in [5.41, 5.74) is 4.16. The number of carbonyl (C=O) groups excluding carboxylic acids is 1. The van der Waals surface area contributed by atoms with Crippen molar-refractivity contribution in [1.29, 1.82) is 0 Å². The van der Waals surface area contributed by atoms with Crippen molar-refractivity contribution in [2.75, 3.05) is 13.8 Å². The van der Waals surface area contributed by atoms with Gasteiger partial charge in [0.1, 0.15) is 24.0 Å². The van der Waals surface area contributed by atoms with Crippen molar-refractivity contribution in [2.45, 2.75) is 20.0 Å². The molecule has 0 fully saturated rings. The predicted octanol–water partition coefficient (Wildman–Crippen LogP) is 4.37. The van der Waals surface area contributed by atoms with Crippen LogP contribution in [0.1, 0.15) is 32.7 Å². The van der Waals surface area contributed by atoms with Gasteiger partial charge in [-0.25, -0.2) is 0 Å². The fourth-order valence-corrected chi connectivity index (χ4v) is 3.98. The summed E-state index contributed by atoms with van der Waals surface area (Å²) in [4.78, 5) is 19.7. The highest BCUT2D eigenvalue weighted by molar-refractivity contribution is 6.15. The van der Waals surface area contributed by atoms with E-state index in [0.29, 0.717) is 36.9 Å². The molecule has 0 saturated heterocycles. The Morgan fingerprint density at radius 3 is 2.90 bits per heavy atom. The van der Waals surface area contributed by atoms with Gasteiger partial charge in [-0.05, 0) is 54.5 Å². The van der Waals surface area contributed by atoms with E-state index in [9.17, 15) is 4.79 Å². The first kappa shape index (κ1) is 19.3. The number of methoxy groups -OCH3 is 1. The first-order chi connectivity index (χ1) is 15.1. The Hall–Kier alpha value is -3.64. The van der Waals surface area contributed by atoms with Crippen LogP contribution >= 0.6 is 0 Å². The molecular weight excluding hydrogens is 392 g/mol. The molecule has 156 valence electrons. The molecule has 0 unspecified atom stereocenters. The van der Waals surface area contributed by atoms with E-state index in [4.69, 9.17) is 14.2 Å². The smallest absolute Gasteiger partial charge is 0.232 e. The highest BCUT2D eigenvalue weighted by Gasteiger charge is 2.35. The fraction of sp³-hybridized carbons (Fsp3) is 0.200. The van der Waals surface area contributed by atoms with Crippen LogP contribution in [0.4, 0.5) is 0 Å². The molecule has 0 aliphatic carbocycles. The third kappa shape index (κ3) is 3.66. The number of nitrogens with zero attached hydrogens (tertiary/aromatic N) is 2. The molecule has 0 radical (unpaired) electrons. The molecule has 0 spiro atoms. The Kier molecular flexibility index (Phi) is 4.92. The molecule has 0 bridgehead atoms. The Morgan fingerprint density at radius 1 is 1.19 bits per heavy atom. The second-order valence-electron chi connectivity index (χ2n) is 7.67. The number of allylic oxidation sites excluding steroid dienone is 1. The number of benzene rings is 2. The zero-order valence-corrected chi connectivity index (χ0v) is 17.4. The topological polar surface area (TPSA) is 60.9 Å². The van der Waals surface area contributed by atoms with Crippen molar-refractivity contribution in [3.63, 3.8) is 0 Å².